The largest absolute Gasteiger partial charge is 0.488 e. The minimum atomic E-state index is -4.52. The van der Waals surface area contributed by atoms with Crippen molar-refractivity contribution in [3.05, 3.63) is 63.7 Å². The van der Waals surface area contributed by atoms with Gasteiger partial charge in [0.2, 0.25) is 5.91 Å². The molecule has 2 aromatic rings. The number of likely N-dealkylation sites (N-methyl/N-ethyl adjacent to an activating group) is 1. The van der Waals surface area contributed by atoms with E-state index in [1.54, 1.807) is 31.2 Å². The third-order valence-electron chi connectivity index (χ3n) is 3.66. The van der Waals surface area contributed by atoms with Crippen LogP contribution in [0, 0.1) is 6.92 Å². The standard InChI is InChI=1S/C18H17ClF3NO2/c1-11-6-7-16(14(8-11)18(20,21)22)25-10-13-12(9-17(24)23-2)4-3-5-15(13)19/h3-8H,9-10H2,1-2H3,(H,23,24). The van der Waals surface area contributed by atoms with Crippen LogP contribution in [0.3, 0.4) is 0 Å². The molecule has 2 rings (SSSR count). The molecule has 2 aromatic carbocycles. The number of nitrogens with one attached hydrogen (secondary N) is 1. The van der Waals surface area contributed by atoms with Gasteiger partial charge in [0, 0.05) is 17.6 Å². The quantitative estimate of drug-likeness (QED) is 0.838. The average Bonchev–Trinajstić information content (AvgIpc) is 2.54. The van der Waals surface area contributed by atoms with Gasteiger partial charge in [-0.3, -0.25) is 4.79 Å². The Labute approximate surface area is 148 Å². The van der Waals surface area contributed by atoms with Crippen LogP contribution < -0.4 is 10.1 Å². The number of hydrogen-bond donors (Lipinski definition) is 1. The summed E-state index contributed by atoms with van der Waals surface area (Å²) in [4.78, 5) is 11.6. The first-order valence-corrected chi connectivity index (χ1v) is 7.87. The molecule has 0 aliphatic heterocycles. The first-order valence-electron chi connectivity index (χ1n) is 7.50. The maximum atomic E-state index is 13.2. The smallest absolute Gasteiger partial charge is 0.419 e. The van der Waals surface area contributed by atoms with E-state index in [2.05, 4.69) is 5.32 Å². The van der Waals surface area contributed by atoms with Crippen molar-refractivity contribution in [2.45, 2.75) is 26.1 Å². The van der Waals surface area contributed by atoms with Gasteiger partial charge in [0.25, 0.3) is 0 Å². The molecule has 0 aliphatic carbocycles. The van der Waals surface area contributed by atoms with Gasteiger partial charge in [-0.05, 0) is 30.7 Å². The van der Waals surface area contributed by atoms with Crippen molar-refractivity contribution in [3.63, 3.8) is 0 Å². The molecule has 0 atom stereocenters. The van der Waals surface area contributed by atoms with E-state index in [0.717, 1.165) is 6.07 Å². The lowest BCUT2D eigenvalue weighted by molar-refractivity contribution is -0.139. The fourth-order valence-electron chi connectivity index (χ4n) is 2.33. The Balaban J connectivity index is 2.29. The third kappa shape index (κ3) is 4.89. The van der Waals surface area contributed by atoms with E-state index in [4.69, 9.17) is 16.3 Å². The van der Waals surface area contributed by atoms with Crippen molar-refractivity contribution < 1.29 is 22.7 Å². The molecular weight excluding hydrogens is 355 g/mol. The minimum absolute atomic E-state index is 0.0653. The lowest BCUT2D eigenvalue weighted by Gasteiger charge is -2.16. The monoisotopic (exact) mass is 371 g/mol. The number of amides is 1. The van der Waals surface area contributed by atoms with Crippen LogP contribution in [0.2, 0.25) is 5.02 Å². The van der Waals surface area contributed by atoms with Crippen LogP contribution in [0.1, 0.15) is 22.3 Å². The van der Waals surface area contributed by atoms with Crippen LogP contribution in [-0.4, -0.2) is 13.0 Å². The third-order valence-corrected chi connectivity index (χ3v) is 4.01. The maximum absolute atomic E-state index is 13.2. The SMILES string of the molecule is CNC(=O)Cc1cccc(Cl)c1COc1ccc(C)cc1C(F)(F)F. The molecule has 0 radical (unpaired) electrons. The zero-order valence-corrected chi connectivity index (χ0v) is 14.5. The second-order valence-corrected chi connectivity index (χ2v) is 5.92. The molecular formula is C18H17ClF3NO2. The van der Waals surface area contributed by atoms with E-state index < -0.39 is 11.7 Å². The lowest BCUT2D eigenvalue weighted by atomic mass is 10.0. The van der Waals surface area contributed by atoms with Crippen LogP contribution in [0.15, 0.2) is 36.4 Å². The Morgan fingerprint density at radius 3 is 2.60 bits per heavy atom. The Morgan fingerprint density at radius 2 is 1.96 bits per heavy atom. The summed E-state index contributed by atoms with van der Waals surface area (Å²) < 4.78 is 44.9. The molecule has 0 aliphatic rings. The molecule has 1 N–H and O–H groups in total. The van der Waals surface area contributed by atoms with Crippen molar-refractivity contribution in [1.29, 1.82) is 0 Å². The highest BCUT2D eigenvalue weighted by Gasteiger charge is 2.34. The topological polar surface area (TPSA) is 38.3 Å². The Kier molecular flexibility index (Phi) is 5.95. The summed E-state index contributed by atoms with van der Waals surface area (Å²) in [7, 11) is 1.50. The summed E-state index contributed by atoms with van der Waals surface area (Å²) in [5, 5.41) is 2.83. The molecule has 0 saturated heterocycles. The molecule has 0 spiro atoms. The van der Waals surface area contributed by atoms with Crippen LogP contribution in [0.5, 0.6) is 5.75 Å². The zero-order valence-electron chi connectivity index (χ0n) is 13.7. The van der Waals surface area contributed by atoms with E-state index in [1.165, 1.54) is 13.1 Å². The Bertz CT molecular complexity index is 775. The predicted octanol–water partition coefficient (Wildman–Crippen LogP) is 4.53. The number of alkyl halides is 3. The number of ether oxygens (including phenoxy) is 1. The number of hydrogen-bond acceptors (Lipinski definition) is 2. The van der Waals surface area contributed by atoms with Gasteiger partial charge in [0.1, 0.15) is 12.4 Å². The van der Waals surface area contributed by atoms with Crippen molar-refractivity contribution in [3.8, 4) is 5.75 Å². The van der Waals surface area contributed by atoms with Gasteiger partial charge in [-0.2, -0.15) is 13.2 Å². The summed E-state index contributed by atoms with van der Waals surface area (Å²) in [6.07, 6.45) is -4.46. The van der Waals surface area contributed by atoms with E-state index in [-0.39, 0.29) is 24.7 Å². The first-order chi connectivity index (χ1) is 11.7. The number of halogens is 4. The van der Waals surface area contributed by atoms with Crippen molar-refractivity contribution in [2.75, 3.05) is 7.05 Å². The van der Waals surface area contributed by atoms with Gasteiger partial charge in [0.15, 0.2) is 0 Å². The zero-order chi connectivity index (χ0) is 18.6. The Hall–Kier alpha value is -2.21. The molecule has 0 saturated carbocycles. The van der Waals surface area contributed by atoms with Gasteiger partial charge >= 0.3 is 6.18 Å². The van der Waals surface area contributed by atoms with E-state index in [9.17, 15) is 18.0 Å². The van der Waals surface area contributed by atoms with Gasteiger partial charge in [-0.25, -0.2) is 0 Å². The summed E-state index contributed by atoms with van der Waals surface area (Å²) in [5.74, 6) is -0.501. The fourth-order valence-corrected chi connectivity index (χ4v) is 2.58. The summed E-state index contributed by atoms with van der Waals surface area (Å²) >= 11 is 6.14. The highest BCUT2D eigenvalue weighted by Crippen LogP contribution is 2.37. The average molecular weight is 372 g/mol. The second-order valence-electron chi connectivity index (χ2n) is 5.51. The molecule has 134 valence electrons. The number of aryl methyl sites for hydroxylation is 1. The molecule has 25 heavy (non-hydrogen) atoms. The fraction of sp³-hybridized carbons (Fsp3) is 0.278. The van der Waals surface area contributed by atoms with Gasteiger partial charge in [-0.1, -0.05) is 35.4 Å². The molecule has 0 unspecified atom stereocenters. The van der Waals surface area contributed by atoms with Crippen molar-refractivity contribution >= 4 is 17.5 Å². The number of benzene rings is 2. The van der Waals surface area contributed by atoms with Crippen LogP contribution >= 0.6 is 11.6 Å². The van der Waals surface area contributed by atoms with E-state index in [1.807, 2.05) is 0 Å². The summed E-state index contributed by atoms with van der Waals surface area (Å²) in [6, 6.07) is 8.84. The normalized spacial score (nSPS) is 11.3. The van der Waals surface area contributed by atoms with E-state index >= 15 is 0 Å². The molecule has 0 bridgehead atoms. The van der Waals surface area contributed by atoms with Crippen LogP contribution in [0.4, 0.5) is 13.2 Å². The van der Waals surface area contributed by atoms with Crippen LogP contribution in [-0.2, 0) is 24.0 Å². The van der Waals surface area contributed by atoms with Crippen LogP contribution in [0.25, 0.3) is 0 Å². The van der Waals surface area contributed by atoms with E-state index in [0.29, 0.717) is 21.7 Å². The number of rotatable bonds is 5. The molecule has 0 fully saturated rings. The van der Waals surface area contributed by atoms with Gasteiger partial charge in [-0.15, -0.1) is 0 Å². The summed E-state index contributed by atoms with van der Waals surface area (Å²) in [6.45, 7) is 1.41. The summed E-state index contributed by atoms with van der Waals surface area (Å²) in [5.41, 5.74) is 0.735. The maximum Gasteiger partial charge on any atom is 0.419 e. The molecule has 7 heteroatoms. The van der Waals surface area contributed by atoms with Crippen molar-refractivity contribution in [2.24, 2.45) is 0 Å². The van der Waals surface area contributed by atoms with Gasteiger partial charge in [0.05, 0.1) is 12.0 Å². The number of carbonyl (C=O) groups excluding carboxylic acids is 1. The first kappa shape index (κ1) is 19.1. The van der Waals surface area contributed by atoms with Gasteiger partial charge < -0.3 is 10.1 Å². The minimum Gasteiger partial charge on any atom is -0.488 e. The predicted molar refractivity (Wildman–Crippen MR) is 89.7 cm³/mol. The lowest BCUT2D eigenvalue weighted by Crippen LogP contribution is -2.21. The molecule has 0 aromatic heterocycles. The molecule has 0 heterocycles. The van der Waals surface area contributed by atoms with Crippen molar-refractivity contribution in [1.82, 2.24) is 5.32 Å². The highest BCUT2D eigenvalue weighted by molar-refractivity contribution is 6.31. The highest BCUT2D eigenvalue weighted by atomic mass is 35.5. The Morgan fingerprint density at radius 1 is 1.24 bits per heavy atom. The second kappa shape index (κ2) is 7.78. The number of carbonyl (C=O) groups is 1. The molecule has 3 nitrogen and oxygen atoms in total. The molecule has 1 amide bonds.